The number of imidazole rings is 1. The summed E-state index contributed by atoms with van der Waals surface area (Å²) in [5.74, 6) is -0.0906. The molecule has 0 spiro atoms. The van der Waals surface area contributed by atoms with Gasteiger partial charge in [0.05, 0.1) is 22.0 Å². The van der Waals surface area contributed by atoms with Crippen LogP contribution in [0.2, 0.25) is 0 Å². The highest BCUT2D eigenvalue weighted by Gasteiger charge is 2.28. The Kier molecular flexibility index (Phi) is 7.96. The summed E-state index contributed by atoms with van der Waals surface area (Å²) in [5.41, 5.74) is 4.37. The number of pyridine rings is 1. The number of carboxylic acid groups (broad SMARTS) is 1. The van der Waals surface area contributed by atoms with E-state index in [1.54, 1.807) is 30.6 Å². The van der Waals surface area contributed by atoms with Crippen LogP contribution in [0.4, 0.5) is 0 Å². The maximum absolute atomic E-state index is 11.2. The first-order valence-electron chi connectivity index (χ1n) is 11.2. The summed E-state index contributed by atoms with van der Waals surface area (Å²) in [6.45, 7) is 1.99. The van der Waals surface area contributed by atoms with Crippen molar-refractivity contribution in [3.8, 4) is 5.69 Å². The first kappa shape index (κ1) is 26.4. The molecular weight excluding hydrogens is 560 g/mol. The van der Waals surface area contributed by atoms with Crippen molar-refractivity contribution in [3.05, 3.63) is 106 Å². The quantitative estimate of drug-likeness (QED) is 0.315. The fourth-order valence-corrected chi connectivity index (χ4v) is 4.80. The van der Waals surface area contributed by atoms with Crippen LogP contribution >= 0.6 is 15.9 Å². The fourth-order valence-electron chi connectivity index (χ4n) is 3.93. The molecular formula is C26H23BrN4O5S. The number of fused-ring (bicyclic) bond motifs is 3. The summed E-state index contributed by atoms with van der Waals surface area (Å²) in [5, 5.41) is 9.17. The van der Waals surface area contributed by atoms with Crippen molar-refractivity contribution in [3.63, 3.8) is 0 Å². The lowest BCUT2D eigenvalue weighted by atomic mass is 10.0. The van der Waals surface area contributed by atoms with Gasteiger partial charge in [-0.25, -0.2) is 4.98 Å². The number of aromatic nitrogens is 3. The molecule has 0 radical (unpaired) electrons. The van der Waals surface area contributed by atoms with Crippen molar-refractivity contribution in [1.29, 1.82) is 0 Å². The Bertz CT molecular complexity index is 1550. The molecule has 0 aliphatic carbocycles. The molecule has 0 amide bonds. The molecule has 190 valence electrons. The van der Waals surface area contributed by atoms with E-state index in [9.17, 15) is 13.2 Å². The molecule has 1 atom stereocenters. The van der Waals surface area contributed by atoms with Crippen LogP contribution in [-0.2, 0) is 14.9 Å². The number of carboxylic acids is 1. The number of rotatable bonds is 5. The highest BCUT2D eigenvalue weighted by atomic mass is 79.9. The van der Waals surface area contributed by atoms with Crippen molar-refractivity contribution in [1.82, 2.24) is 14.5 Å². The number of aliphatic carboxylic acids is 1. The fraction of sp³-hybridized carbons (Fsp3) is 0.154. The minimum atomic E-state index is -4.00. The zero-order valence-corrected chi connectivity index (χ0v) is 22.1. The molecule has 11 heteroatoms. The van der Waals surface area contributed by atoms with E-state index >= 15 is 0 Å². The smallest absolute Gasteiger partial charge is 0.303 e. The van der Waals surface area contributed by atoms with Gasteiger partial charge in [0.15, 0.2) is 0 Å². The first-order valence-corrected chi connectivity index (χ1v) is 13.5. The van der Waals surface area contributed by atoms with Crippen LogP contribution in [0.25, 0.3) is 5.69 Å². The zero-order chi connectivity index (χ0) is 26.6. The van der Waals surface area contributed by atoms with Crippen LogP contribution < -0.4 is 0 Å². The van der Waals surface area contributed by atoms with E-state index in [-0.39, 0.29) is 17.4 Å². The molecule has 2 N–H and O–H groups in total. The van der Waals surface area contributed by atoms with Gasteiger partial charge in [0.25, 0.3) is 10.1 Å². The second-order valence-electron chi connectivity index (χ2n) is 8.18. The Labute approximate surface area is 222 Å². The molecule has 0 saturated heterocycles. The number of halogens is 1. The van der Waals surface area contributed by atoms with E-state index in [1.165, 1.54) is 12.1 Å². The van der Waals surface area contributed by atoms with Crippen molar-refractivity contribution in [2.45, 2.75) is 30.7 Å². The number of aryl methyl sites for hydroxylation is 1. The molecule has 1 aliphatic rings. The van der Waals surface area contributed by atoms with Crippen LogP contribution in [0.5, 0.6) is 0 Å². The molecule has 0 unspecified atom stereocenters. The second kappa shape index (κ2) is 11.2. The lowest BCUT2D eigenvalue weighted by Crippen LogP contribution is -2.09. The van der Waals surface area contributed by atoms with Gasteiger partial charge in [-0.15, -0.1) is 0 Å². The molecule has 9 nitrogen and oxygen atoms in total. The van der Waals surface area contributed by atoms with Gasteiger partial charge >= 0.3 is 5.97 Å². The first-order chi connectivity index (χ1) is 17.6. The maximum Gasteiger partial charge on any atom is 0.303 e. The van der Waals surface area contributed by atoms with E-state index in [1.807, 2.05) is 43.3 Å². The van der Waals surface area contributed by atoms with Crippen molar-refractivity contribution in [2.75, 3.05) is 0 Å². The van der Waals surface area contributed by atoms with Gasteiger partial charge in [-0.05, 0) is 55.8 Å². The van der Waals surface area contributed by atoms with Gasteiger partial charge in [0, 0.05) is 34.5 Å². The summed E-state index contributed by atoms with van der Waals surface area (Å²) in [6.07, 6.45) is 3.93. The normalized spacial score (nSPS) is 14.4. The van der Waals surface area contributed by atoms with E-state index in [2.05, 4.69) is 30.5 Å². The third-order valence-electron chi connectivity index (χ3n) is 5.58. The van der Waals surface area contributed by atoms with E-state index in [0.29, 0.717) is 6.42 Å². The summed E-state index contributed by atoms with van der Waals surface area (Å²) in [6, 6.07) is 18.8. The van der Waals surface area contributed by atoms with E-state index in [4.69, 9.17) is 14.7 Å². The Balaban J connectivity index is 0.000000270. The van der Waals surface area contributed by atoms with Gasteiger partial charge < -0.3 is 5.11 Å². The number of carbonyl (C=O) groups is 1. The third kappa shape index (κ3) is 6.19. The highest BCUT2D eigenvalue weighted by molar-refractivity contribution is 9.10. The Hall–Kier alpha value is -3.67. The SMILES string of the molecule is Cc1cnc2n1-c1ccc(Br)cc1C(c1ccccn1)=N[C@H]2CCC(=O)O.O=S(=O)(O)c1ccccc1. The predicted molar refractivity (Wildman–Crippen MR) is 142 cm³/mol. The average molecular weight is 583 g/mol. The van der Waals surface area contributed by atoms with Crippen molar-refractivity contribution in [2.24, 2.45) is 4.99 Å². The van der Waals surface area contributed by atoms with Gasteiger partial charge in [0.1, 0.15) is 11.9 Å². The molecule has 1 aliphatic heterocycles. The Morgan fingerprint density at radius 1 is 1.05 bits per heavy atom. The molecule has 0 bridgehead atoms. The topological polar surface area (TPSA) is 135 Å². The largest absolute Gasteiger partial charge is 0.481 e. The van der Waals surface area contributed by atoms with E-state index in [0.717, 1.165) is 38.6 Å². The highest BCUT2D eigenvalue weighted by Crippen LogP contribution is 2.34. The molecule has 37 heavy (non-hydrogen) atoms. The van der Waals surface area contributed by atoms with Gasteiger partial charge in [-0.2, -0.15) is 8.42 Å². The van der Waals surface area contributed by atoms with Gasteiger partial charge in [0.2, 0.25) is 0 Å². The number of hydrogen-bond acceptors (Lipinski definition) is 6. The molecule has 3 heterocycles. The van der Waals surface area contributed by atoms with E-state index < -0.39 is 16.1 Å². The molecule has 0 saturated carbocycles. The maximum atomic E-state index is 11.2. The summed E-state index contributed by atoms with van der Waals surface area (Å²) in [4.78, 5) is 25.1. The molecule has 2 aromatic heterocycles. The molecule has 2 aromatic carbocycles. The third-order valence-corrected chi connectivity index (χ3v) is 6.94. The molecule has 5 rings (SSSR count). The number of nitrogens with zero attached hydrogens (tertiary/aromatic N) is 4. The second-order valence-corrected chi connectivity index (χ2v) is 10.5. The Morgan fingerprint density at radius 3 is 2.41 bits per heavy atom. The number of benzene rings is 2. The number of hydrogen-bond donors (Lipinski definition) is 2. The van der Waals surface area contributed by atoms with Gasteiger partial charge in [-0.1, -0.05) is 40.2 Å². The standard InChI is InChI=1S/C20H17BrN4O2.C6H6O3S/c1-12-11-23-20-16(6-8-18(26)27)24-19(15-4-2-3-9-22-15)14-10-13(21)5-7-17(14)25(12)20;7-10(8,9)6-4-2-1-3-5-6/h2-5,7,9-11,16H,6,8H2,1H3,(H,26,27);1-5H,(H,7,8,9)/t16-;/m0./s1. The van der Waals surface area contributed by atoms with Gasteiger partial charge in [-0.3, -0.25) is 23.9 Å². The number of aliphatic imine (C=N–C) groups is 1. The monoisotopic (exact) mass is 582 g/mol. The summed E-state index contributed by atoms with van der Waals surface area (Å²) >= 11 is 3.55. The van der Waals surface area contributed by atoms with Crippen LogP contribution in [0.3, 0.4) is 0 Å². The van der Waals surface area contributed by atoms with Crippen molar-refractivity contribution >= 4 is 37.7 Å². The van der Waals surface area contributed by atoms with Crippen LogP contribution in [-0.4, -0.2) is 44.3 Å². The summed E-state index contributed by atoms with van der Waals surface area (Å²) < 4.78 is 32.2. The lowest BCUT2D eigenvalue weighted by molar-refractivity contribution is -0.137. The minimum Gasteiger partial charge on any atom is -0.481 e. The molecule has 4 aromatic rings. The minimum absolute atomic E-state index is 0.0234. The Morgan fingerprint density at radius 2 is 1.78 bits per heavy atom. The zero-order valence-electron chi connectivity index (χ0n) is 19.7. The van der Waals surface area contributed by atoms with Crippen LogP contribution in [0.1, 0.15) is 41.7 Å². The van der Waals surface area contributed by atoms with Crippen LogP contribution in [0.15, 0.2) is 93.5 Å². The average Bonchev–Trinajstić information content (AvgIpc) is 3.19. The molecule has 0 fully saturated rings. The van der Waals surface area contributed by atoms with Crippen LogP contribution in [0, 0.1) is 6.92 Å². The predicted octanol–water partition coefficient (Wildman–Crippen LogP) is 5.03. The lowest BCUT2D eigenvalue weighted by Gasteiger charge is -2.14. The summed E-state index contributed by atoms with van der Waals surface area (Å²) in [7, 11) is -4.00. The van der Waals surface area contributed by atoms with Crippen molar-refractivity contribution < 1.29 is 22.9 Å².